The number of ether oxygens (including phenoxy) is 2. The van der Waals surface area contributed by atoms with E-state index in [4.69, 9.17) is 9.47 Å². The zero-order chi connectivity index (χ0) is 24.7. The number of carbonyl (C=O) groups excluding carboxylic acids is 3. The highest BCUT2D eigenvalue weighted by Crippen LogP contribution is 2.28. The van der Waals surface area contributed by atoms with E-state index in [9.17, 15) is 18.8 Å². The van der Waals surface area contributed by atoms with Crippen LogP contribution in [0.15, 0.2) is 53.0 Å². The molecule has 1 unspecified atom stereocenters. The number of anilines is 2. The number of imide groups is 1. The van der Waals surface area contributed by atoms with Gasteiger partial charge < -0.3 is 19.7 Å². The molecule has 35 heavy (non-hydrogen) atoms. The molecule has 1 heterocycles. The first kappa shape index (κ1) is 28.5. The Labute approximate surface area is 218 Å². The summed E-state index contributed by atoms with van der Waals surface area (Å²) in [4.78, 5) is 39.8. The summed E-state index contributed by atoms with van der Waals surface area (Å²) in [6.45, 7) is 3.62. The van der Waals surface area contributed by atoms with Crippen LogP contribution >= 0.6 is 28.3 Å². The number of esters is 1. The number of rotatable bonds is 8. The van der Waals surface area contributed by atoms with E-state index >= 15 is 0 Å². The van der Waals surface area contributed by atoms with Gasteiger partial charge >= 0.3 is 12.1 Å². The van der Waals surface area contributed by atoms with Gasteiger partial charge in [-0.05, 0) is 61.9 Å². The Morgan fingerprint density at radius 1 is 1.11 bits per heavy atom. The van der Waals surface area contributed by atoms with Crippen molar-refractivity contribution in [1.29, 1.82) is 0 Å². The summed E-state index contributed by atoms with van der Waals surface area (Å²) in [5.41, 5.74) is 1.46. The zero-order valence-electron chi connectivity index (χ0n) is 19.4. The number of halogens is 3. The fourth-order valence-electron chi connectivity index (χ4n) is 3.61. The summed E-state index contributed by atoms with van der Waals surface area (Å²) in [6.07, 6.45) is -0.536. The lowest BCUT2D eigenvalue weighted by molar-refractivity contribution is -0.168. The molecule has 1 N–H and O–H groups in total. The summed E-state index contributed by atoms with van der Waals surface area (Å²) in [7, 11) is 0. The highest BCUT2D eigenvalue weighted by atomic mass is 79.9. The largest absolute Gasteiger partial charge is 0.424 e. The lowest BCUT2D eigenvalue weighted by Crippen LogP contribution is -2.43. The fourth-order valence-corrected chi connectivity index (χ4v) is 4.00. The number of nitrogens with zero attached hydrogens (tertiary/aromatic N) is 2. The Hall–Kier alpha value is -2.69. The Morgan fingerprint density at radius 3 is 2.43 bits per heavy atom. The summed E-state index contributed by atoms with van der Waals surface area (Å²) >= 11 is 3.44. The van der Waals surface area contributed by atoms with E-state index in [1.165, 1.54) is 26.0 Å². The van der Waals surface area contributed by atoms with Crippen LogP contribution < -0.4 is 10.2 Å². The molecule has 0 spiro atoms. The van der Waals surface area contributed by atoms with Crippen LogP contribution in [0, 0.1) is 5.82 Å². The Bertz CT molecular complexity index is 1020. The molecule has 1 saturated heterocycles. The molecule has 0 saturated carbocycles. The van der Waals surface area contributed by atoms with Gasteiger partial charge in [0.2, 0.25) is 12.2 Å². The van der Waals surface area contributed by atoms with Gasteiger partial charge in [-0.3, -0.25) is 9.59 Å². The van der Waals surface area contributed by atoms with Crippen LogP contribution in [-0.4, -0.2) is 54.8 Å². The van der Waals surface area contributed by atoms with Gasteiger partial charge in [-0.1, -0.05) is 22.0 Å². The third-order valence-electron chi connectivity index (χ3n) is 5.30. The van der Waals surface area contributed by atoms with E-state index in [0.29, 0.717) is 12.1 Å². The van der Waals surface area contributed by atoms with Crippen LogP contribution in [0.4, 0.5) is 20.6 Å². The van der Waals surface area contributed by atoms with Crippen molar-refractivity contribution in [2.75, 3.05) is 24.5 Å². The highest BCUT2D eigenvalue weighted by Gasteiger charge is 2.28. The summed E-state index contributed by atoms with van der Waals surface area (Å²) in [5, 5.41) is 3.02. The molecule has 0 aromatic heterocycles. The number of benzene rings is 2. The van der Waals surface area contributed by atoms with Gasteiger partial charge in [-0.15, -0.1) is 12.4 Å². The second-order valence-corrected chi connectivity index (χ2v) is 8.73. The quantitative estimate of drug-likeness (QED) is 0.360. The molecular formula is C24H28BrClFN3O5. The maximum atomic E-state index is 13.5. The lowest BCUT2D eigenvalue weighted by atomic mass is 10.2. The average Bonchev–Trinajstić information content (AvgIpc) is 3.32. The Balaban J connectivity index is 0.00000432. The van der Waals surface area contributed by atoms with Crippen molar-refractivity contribution in [3.63, 3.8) is 0 Å². The average molecular weight is 573 g/mol. The zero-order valence-corrected chi connectivity index (χ0v) is 21.8. The molecule has 0 radical (unpaired) electrons. The molecule has 0 bridgehead atoms. The van der Waals surface area contributed by atoms with Crippen LogP contribution in [0.1, 0.15) is 26.7 Å². The molecule has 2 amide bonds. The van der Waals surface area contributed by atoms with E-state index in [2.05, 4.69) is 21.2 Å². The van der Waals surface area contributed by atoms with Gasteiger partial charge in [0.15, 0.2) is 0 Å². The van der Waals surface area contributed by atoms with Crippen LogP contribution in [0.3, 0.4) is 0 Å². The number of carbonyl (C=O) groups is 3. The van der Waals surface area contributed by atoms with Crippen molar-refractivity contribution in [2.24, 2.45) is 0 Å². The van der Waals surface area contributed by atoms with Crippen LogP contribution in [0.25, 0.3) is 0 Å². The van der Waals surface area contributed by atoms with E-state index in [-0.39, 0.29) is 31.3 Å². The third-order valence-corrected chi connectivity index (χ3v) is 5.79. The first-order valence-corrected chi connectivity index (χ1v) is 11.7. The predicted molar refractivity (Wildman–Crippen MR) is 135 cm³/mol. The molecule has 3 rings (SSSR count). The van der Waals surface area contributed by atoms with Gasteiger partial charge in [0.05, 0.1) is 0 Å². The molecule has 2 aromatic rings. The molecular weight excluding hydrogens is 545 g/mol. The molecule has 1 aliphatic rings. The van der Waals surface area contributed by atoms with Gasteiger partial charge in [0, 0.05) is 42.8 Å². The van der Waals surface area contributed by atoms with Crippen LogP contribution in [0.5, 0.6) is 0 Å². The highest BCUT2D eigenvalue weighted by molar-refractivity contribution is 9.10. The fraction of sp³-hybridized carbons (Fsp3) is 0.375. The topological polar surface area (TPSA) is 88.2 Å². The standard InChI is InChI=1S/C24H27BrFN3O5.ClH/c1-16(30)28(24(32)34-17(2)33-23(31)22-7-4-12-27-22)13-14-29(20-10-8-19(26)9-11-20)21-6-3-5-18(25)15-21;/h3,5-6,8-11,15,17,22,27H,4,7,12-14H2,1-2H3;1H/t17?,22-;/m0./s1. The Morgan fingerprint density at radius 2 is 1.83 bits per heavy atom. The minimum atomic E-state index is -1.15. The monoisotopic (exact) mass is 571 g/mol. The number of nitrogens with one attached hydrogen (secondary N) is 1. The number of hydrogen-bond donors (Lipinski definition) is 1. The maximum absolute atomic E-state index is 13.5. The van der Waals surface area contributed by atoms with Crippen molar-refractivity contribution in [3.8, 4) is 0 Å². The predicted octanol–water partition coefficient (Wildman–Crippen LogP) is 4.77. The summed E-state index contributed by atoms with van der Waals surface area (Å²) < 4.78 is 24.7. The second kappa shape index (κ2) is 13.4. The maximum Gasteiger partial charge on any atom is 0.419 e. The minimum Gasteiger partial charge on any atom is -0.424 e. The lowest BCUT2D eigenvalue weighted by Gasteiger charge is -2.28. The number of amides is 2. The third kappa shape index (κ3) is 8.19. The molecule has 2 atom stereocenters. The van der Waals surface area contributed by atoms with Crippen LogP contribution in [0.2, 0.25) is 0 Å². The van der Waals surface area contributed by atoms with Gasteiger partial charge in [0.1, 0.15) is 11.9 Å². The van der Waals surface area contributed by atoms with Crippen molar-refractivity contribution in [1.82, 2.24) is 10.2 Å². The molecule has 1 fully saturated rings. The van der Waals surface area contributed by atoms with Gasteiger partial charge in [-0.2, -0.15) is 0 Å². The molecule has 0 aliphatic carbocycles. The van der Waals surface area contributed by atoms with E-state index in [0.717, 1.165) is 28.0 Å². The first-order chi connectivity index (χ1) is 16.2. The first-order valence-electron chi connectivity index (χ1n) is 11.0. The van der Waals surface area contributed by atoms with Crippen molar-refractivity contribution >= 4 is 57.7 Å². The molecule has 2 aromatic carbocycles. The molecule has 11 heteroatoms. The SMILES string of the molecule is CC(=O)N(CCN(c1ccc(F)cc1)c1cccc(Br)c1)C(=O)OC(C)OC(=O)[C@@H]1CCCN1.Cl. The normalized spacial score (nSPS) is 15.5. The van der Waals surface area contributed by atoms with Crippen molar-refractivity contribution in [3.05, 3.63) is 58.8 Å². The minimum absolute atomic E-state index is 0. The summed E-state index contributed by atoms with van der Waals surface area (Å²) in [5.74, 6) is -1.39. The molecule has 8 nitrogen and oxygen atoms in total. The van der Waals surface area contributed by atoms with E-state index < -0.39 is 30.3 Å². The molecule has 1 aliphatic heterocycles. The van der Waals surface area contributed by atoms with Crippen LogP contribution in [-0.2, 0) is 19.1 Å². The smallest absolute Gasteiger partial charge is 0.419 e. The van der Waals surface area contributed by atoms with Crippen molar-refractivity contribution < 1.29 is 28.2 Å². The Kier molecular flexibility index (Phi) is 10.9. The van der Waals surface area contributed by atoms with E-state index in [1.54, 1.807) is 12.1 Å². The van der Waals surface area contributed by atoms with Crippen molar-refractivity contribution in [2.45, 2.75) is 39.0 Å². The second-order valence-electron chi connectivity index (χ2n) is 7.82. The van der Waals surface area contributed by atoms with Gasteiger partial charge in [0.25, 0.3) is 0 Å². The van der Waals surface area contributed by atoms with Gasteiger partial charge in [-0.25, -0.2) is 14.1 Å². The number of hydrogen-bond acceptors (Lipinski definition) is 7. The van der Waals surface area contributed by atoms with E-state index in [1.807, 2.05) is 29.2 Å². The molecule has 190 valence electrons. The summed E-state index contributed by atoms with van der Waals surface area (Å²) in [6, 6.07) is 13.0.